The number of nitrogen functional groups attached to an aromatic ring is 1. The van der Waals surface area contributed by atoms with Gasteiger partial charge in [0.25, 0.3) is 0 Å². The molecule has 0 spiro atoms. The van der Waals surface area contributed by atoms with E-state index < -0.39 is 0 Å². The first kappa shape index (κ1) is 14.0. The molecule has 0 fully saturated rings. The second kappa shape index (κ2) is 5.47. The van der Waals surface area contributed by atoms with Gasteiger partial charge in [0.15, 0.2) is 0 Å². The van der Waals surface area contributed by atoms with Gasteiger partial charge >= 0.3 is 0 Å². The third-order valence-corrected chi connectivity index (χ3v) is 3.75. The first-order valence-electron chi connectivity index (χ1n) is 6.46. The van der Waals surface area contributed by atoms with E-state index in [1.807, 2.05) is 6.07 Å². The van der Waals surface area contributed by atoms with Crippen LogP contribution in [0.1, 0.15) is 12.0 Å². The van der Waals surface area contributed by atoms with Crippen LogP contribution in [-0.2, 0) is 11.2 Å². The van der Waals surface area contributed by atoms with Gasteiger partial charge in [0.1, 0.15) is 0 Å². The number of nitrogens with one attached hydrogen (secondary N) is 2. The zero-order valence-corrected chi connectivity index (χ0v) is 12.6. The van der Waals surface area contributed by atoms with Crippen molar-refractivity contribution < 1.29 is 4.79 Å². The summed E-state index contributed by atoms with van der Waals surface area (Å²) in [5.74, 6) is 0.0178. The third-order valence-electron chi connectivity index (χ3n) is 3.31. The van der Waals surface area contributed by atoms with Crippen molar-refractivity contribution in [3.8, 4) is 0 Å². The van der Waals surface area contributed by atoms with Crippen molar-refractivity contribution in [2.75, 3.05) is 16.4 Å². The smallest absolute Gasteiger partial charge is 0.224 e. The highest BCUT2D eigenvalue weighted by molar-refractivity contribution is 6.35. The maximum Gasteiger partial charge on any atom is 0.224 e. The monoisotopic (exact) mass is 321 g/mol. The number of fused-ring (bicyclic) bond motifs is 1. The molecule has 0 atom stereocenters. The Morgan fingerprint density at radius 3 is 2.48 bits per heavy atom. The van der Waals surface area contributed by atoms with Crippen LogP contribution in [0.5, 0.6) is 0 Å². The standard InChI is InChI=1S/C15H13Cl2N3O/c16-9-4-10(17)6-11(5-9)19-14-3-8-1-2-15(21)20-13(8)7-12(14)18/h3-7,19H,1-2,18H2,(H,20,21). The van der Waals surface area contributed by atoms with Crippen molar-refractivity contribution in [1.82, 2.24) is 0 Å². The van der Waals surface area contributed by atoms with E-state index in [0.717, 1.165) is 22.6 Å². The molecule has 1 amide bonds. The molecular weight excluding hydrogens is 309 g/mol. The number of aryl methyl sites for hydroxylation is 1. The molecule has 0 radical (unpaired) electrons. The lowest BCUT2D eigenvalue weighted by molar-refractivity contribution is -0.116. The topological polar surface area (TPSA) is 67.1 Å². The van der Waals surface area contributed by atoms with Crippen LogP contribution in [0.3, 0.4) is 0 Å². The molecule has 21 heavy (non-hydrogen) atoms. The first-order valence-corrected chi connectivity index (χ1v) is 7.22. The summed E-state index contributed by atoms with van der Waals surface area (Å²) in [5.41, 5.74) is 9.94. The molecule has 1 aliphatic heterocycles. The van der Waals surface area contributed by atoms with Crippen LogP contribution in [0.4, 0.5) is 22.7 Å². The summed E-state index contributed by atoms with van der Waals surface area (Å²) in [4.78, 5) is 11.4. The van der Waals surface area contributed by atoms with Crippen LogP contribution in [0.2, 0.25) is 10.0 Å². The van der Waals surface area contributed by atoms with Crippen molar-refractivity contribution in [1.29, 1.82) is 0 Å². The van der Waals surface area contributed by atoms with Crippen molar-refractivity contribution in [3.05, 3.63) is 45.9 Å². The molecule has 0 saturated carbocycles. The van der Waals surface area contributed by atoms with Gasteiger partial charge in [-0.05, 0) is 42.3 Å². The molecule has 3 rings (SSSR count). The van der Waals surface area contributed by atoms with Crippen LogP contribution in [-0.4, -0.2) is 5.91 Å². The maximum absolute atomic E-state index is 11.4. The Morgan fingerprint density at radius 1 is 1.05 bits per heavy atom. The highest BCUT2D eigenvalue weighted by Crippen LogP contribution is 2.33. The highest BCUT2D eigenvalue weighted by Gasteiger charge is 2.16. The van der Waals surface area contributed by atoms with Crippen LogP contribution in [0.25, 0.3) is 0 Å². The molecule has 2 aromatic carbocycles. The zero-order valence-electron chi connectivity index (χ0n) is 11.0. The lowest BCUT2D eigenvalue weighted by atomic mass is 10.0. The normalized spacial score (nSPS) is 13.5. The van der Waals surface area contributed by atoms with Gasteiger partial charge in [-0.15, -0.1) is 0 Å². The van der Waals surface area contributed by atoms with Crippen LogP contribution < -0.4 is 16.4 Å². The Bertz CT molecular complexity index is 711. The van der Waals surface area contributed by atoms with E-state index in [9.17, 15) is 4.79 Å². The van der Waals surface area contributed by atoms with E-state index in [4.69, 9.17) is 28.9 Å². The van der Waals surface area contributed by atoms with Crippen LogP contribution in [0.15, 0.2) is 30.3 Å². The van der Waals surface area contributed by atoms with E-state index in [1.165, 1.54) is 0 Å². The molecule has 0 aliphatic carbocycles. The van der Waals surface area contributed by atoms with Gasteiger partial charge in [-0.2, -0.15) is 0 Å². The third kappa shape index (κ3) is 3.06. The fraction of sp³-hybridized carbons (Fsp3) is 0.133. The molecule has 6 heteroatoms. The number of carbonyl (C=O) groups excluding carboxylic acids is 1. The molecule has 0 aromatic heterocycles. The maximum atomic E-state index is 11.4. The Balaban J connectivity index is 1.94. The van der Waals surface area contributed by atoms with Gasteiger partial charge in [0.2, 0.25) is 5.91 Å². The molecule has 4 N–H and O–H groups in total. The second-order valence-corrected chi connectivity index (χ2v) is 5.80. The predicted octanol–water partition coefficient (Wildman–Crippen LogP) is 4.20. The van der Waals surface area contributed by atoms with Crippen molar-refractivity contribution in [3.63, 3.8) is 0 Å². The number of nitrogens with two attached hydrogens (primary N) is 1. The molecule has 1 heterocycles. The summed E-state index contributed by atoms with van der Waals surface area (Å²) >= 11 is 12.0. The lowest BCUT2D eigenvalue weighted by Crippen LogP contribution is -2.19. The zero-order chi connectivity index (χ0) is 15.0. The number of benzene rings is 2. The number of hydrogen-bond donors (Lipinski definition) is 3. The fourth-order valence-corrected chi connectivity index (χ4v) is 2.86. The van der Waals surface area contributed by atoms with E-state index in [2.05, 4.69) is 10.6 Å². The Kier molecular flexibility index (Phi) is 3.66. The van der Waals surface area contributed by atoms with Crippen LogP contribution >= 0.6 is 23.2 Å². The average molecular weight is 322 g/mol. The molecule has 2 aromatic rings. The lowest BCUT2D eigenvalue weighted by Gasteiger charge is -2.20. The quantitative estimate of drug-likeness (QED) is 0.726. The van der Waals surface area contributed by atoms with Gasteiger partial charge < -0.3 is 16.4 Å². The minimum Gasteiger partial charge on any atom is -0.397 e. The number of amides is 1. The number of anilines is 4. The van der Waals surface area contributed by atoms with E-state index in [0.29, 0.717) is 28.6 Å². The van der Waals surface area contributed by atoms with Gasteiger partial charge in [-0.25, -0.2) is 0 Å². The molecule has 1 aliphatic rings. The minimum atomic E-state index is 0.0178. The largest absolute Gasteiger partial charge is 0.397 e. The summed E-state index contributed by atoms with van der Waals surface area (Å²) in [5, 5.41) is 7.13. The van der Waals surface area contributed by atoms with Crippen LogP contribution in [0, 0.1) is 0 Å². The predicted molar refractivity (Wildman–Crippen MR) is 87.5 cm³/mol. The number of carbonyl (C=O) groups is 1. The van der Waals surface area contributed by atoms with E-state index in [1.54, 1.807) is 24.3 Å². The molecule has 0 unspecified atom stereocenters. The van der Waals surface area contributed by atoms with E-state index in [-0.39, 0.29) is 5.91 Å². The van der Waals surface area contributed by atoms with Gasteiger partial charge in [0.05, 0.1) is 11.4 Å². The van der Waals surface area contributed by atoms with Crippen molar-refractivity contribution in [2.24, 2.45) is 0 Å². The Labute approximate surface area is 132 Å². The average Bonchev–Trinajstić information content (AvgIpc) is 2.38. The number of halogens is 2. The summed E-state index contributed by atoms with van der Waals surface area (Å²) in [6.45, 7) is 0. The molecule has 4 nitrogen and oxygen atoms in total. The van der Waals surface area contributed by atoms with Crippen molar-refractivity contribution in [2.45, 2.75) is 12.8 Å². The van der Waals surface area contributed by atoms with Gasteiger partial charge in [-0.3, -0.25) is 4.79 Å². The van der Waals surface area contributed by atoms with Gasteiger partial charge in [0, 0.05) is 27.8 Å². The SMILES string of the molecule is Nc1cc2c(cc1Nc1cc(Cl)cc(Cl)c1)CCC(=O)N2. The van der Waals surface area contributed by atoms with E-state index >= 15 is 0 Å². The molecule has 0 saturated heterocycles. The number of hydrogen-bond acceptors (Lipinski definition) is 3. The van der Waals surface area contributed by atoms with Gasteiger partial charge in [-0.1, -0.05) is 23.2 Å². The summed E-state index contributed by atoms with van der Waals surface area (Å²) < 4.78 is 0. The first-order chi connectivity index (χ1) is 10.0. The summed E-state index contributed by atoms with van der Waals surface area (Å²) in [7, 11) is 0. The fourth-order valence-electron chi connectivity index (χ4n) is 2.34. The van der Waals surface area contributed by atoms with Crippen molar-refractivity contribution >= 4 is 51.9 Å². The molecular formula is C15H13Cl2N3O. The second-order valence-electron chi connectivity index (χ2n) is 4.93. The Morgan fingerprint density at radius 2 is 1.76 bits per heavy atom. The summed E-state index contributed by atoms with van der Waals surface area (Å²) in [6.07, 6.45) is 1.19. The Hall–Kier alpha value is -1.91. The minimum absolute atomic E-state index is 0.0178. The highest BCUT2D eigenvalue weighted by atomic mass is 35.5. The number of rotatable bonds is 2. The summed E-state index contributed by atoms with van der Waals surface area (Å²) in [6, 6.07) is 8.92. The molecule has 108 valence electrons. The molecule has 0 bridgehead atoms.